The van der Waals surface area contributed by atoms with Crippen LogP contribution in [0.4, 0.5) is 4.79 Å². The lowest BCUT2D eigenvalue weighted by Crippen LogP contribution is -2.59. The van der Waals surface area contributed by atoms with Gasteiger partial charge in [0.1, 0.15) is 11.6 Å². The first-order valence-corrected chi connectivity index (χ1v) is 11.1. The van der Waals surface area contributed by atoms with E-state index in [1.807, 2.05) is 20.8 Å². The van der Waals surface area contributed by atoms with Crippen LogP contribution in [0.2, 0.25) is 0 Å². The Morgan fingerprint density at radius 2 is 1.94 bits per heavy atom. The number of nitrogens with zero attached hydrogens (tertiary/aromatic N) is 5. The fourth-order valence-corrected chi connectivity index (χ4v) is 4.50. The van der Waals surface area contributed by atoms with Crippen LogP contribution in [-0.4, -0.2) is 62.0 Å². The van der Waals surface area contributed by atoms with E-state index in [1.165, 1.54) is 10.8 Å². The lowest BCUT2D eigenvalue weighted by molar-refractivity contribution is -0.143. The van der Waals surface area contributed by atoms with Gasteiger partial charge in [-0.15, -0.1) is 0 Å². The third kappa shape index (κ3) is 3.84. The van der Waals surface area contributed by atoms with Gasteiger partial charge >= 0.3 is 6.09 Å². The Hall–Kier alpha value is -3.41. The smallest absolute Gasteiger partial charge is 0.420 e. The summed E-state index contributed by atoms with van der Waals surface area (Å²) in [5.74, 6) is -0.750. The van der Waals surface area contributed by atoms with Crippen LogP contribution in [0.15, 0.2) is 12.4 Å². The lowest BCUT2D eigenvalue weighted by atomic mass is 9.92. The van der Waals surface area contributed by atoms with Gasteiger partial charge in [-0.2, -0.15) is 5.26 Å². The van der Waals surface area contributed by atoms with Crippen molar-refractivity contribution in [2.24, 2.45) is 11.8 Å². The van der Waals surface area contributed by atoms with E-state index in [2.05, 4.69) is 11.1 Å². The Morgan fingerprint density at radius 3 is 2.52 bits per heavy atom. The largest absolute Gasteiger partial charge is 0.443 e. The molecule has 2 aliphatic heterocycles. The summed E-state index contributed by atoms with van der Waals surface area (Å²) < 4.78 is 6.79. The van der Waals surface area contributed by atoms with Gasteiger partial charge in [-0.3, -0.25) is 9.59 Å². The minimum atomic E-state index is -0.703. The number of likely N-dealkylation sites (tertiary alicyclic amines) is 1. The SMILES string of the molecule is Cc1cnc2c3c(cn2C(=O)OC(C)(C)C)C(=O)N([C@@H](C(=O)N2CC(C#N)C2)C(C)C)Cc13. The third-order valence-electron chi connectivity index (χ3n) is 6.14. The standard InChI is InChI=1S/C24H29N5O4/c1-13(2)19(22(31)27-9-15(7-25)10-27)28-11-16-14(3)8-26-20-18(16)17(21(28)30)12-29(20)23(32)33-24(4,5)6/h8,12-13,15,19H,9-11H2,1-6H3/t19-/m1/s1. The Labute approximate surface area is 192 Å². The molecule has 2 amide bonds. The number of aromatic nitrogens is 2. The molecule has 9 heteroatoms. The van der Waals surface area contributed by atoms with E-state index in [4.69, 9.17) is 10.00 Å². The number of hydrogen-bond donors (Lipinski definition) is 0. The highest BCUT2D eigenvalue weighted by molar-refractivity contribution is 6.12. The van der Waals surface area contributed by atoms with Gasteiger partial charge in [-0.25, -0.2) is 14.3 Å². The third-order valence-corrected chi connectivity index (χ3v) is 6.14. The van der Waals surface area contributed by atoms with Gasteiger partial charge in [0.2, 0.25) is 5.91 Å². The molecule has 1 fully saturated rings. The molecule has 0 radical (unpaired) electrons. The van der Waals surface area contributed by atoms with E-state index in [-0.39, 0.29) is 30.2 Å². The van der Waals surface area contributed by atoms with Crippen molar-refractivity contribution < 1.29 is 19.1 Å². The van der Waals surface area contributed by atoms with Crippen LogP contribution < -0.4 is 0 Å². The molecular weight excluding hydrogens is 422 g/mol. The molecular formula is C24H29N5O4. The van der Waals surface area contributed by atoms with E-state index in [0.717, 1.165) is 11.1 Å². The zero-order valence-corrected chi connectivity index (χ0v) is 19.9. The molecule has 0 aromatic carbocycles. The molecule has 2 aromatic heterocycles. The Bertz CT molecular complexity index is 1190. The summed E-state index contributed by atoms with van der Waals surface area (Å²) in [5.41, 5.74) is 1.76. The molecule has 0 spiro atoms. The second-order valence-electron chi connectivity index (χ2n) is 10.2. The Kier molecular flexibility index (Phi) is 5.43. The first-order valence-electron chi connectivity index (χ1n) is 11.1. The van der Waals surface area contributed by atoms with Crippen molar-refractivity contribution in [1.82, 2.24) is 19.4 Å². The molecule has 174 valence electrons. The average molecular weight is 452 g/mol. The van der Waals surface area contributed by atoms with Crippen molar-refractivity contribution in [3.63, 3.8) is 0 Å². The molecule has 1 atom stereocenters. The number of carbonyl (C=O) groups excluding carboxylic acids is 3. The van der Waals surface area contributed by atoms with Crippen LogP contribution in [0.5, 0.6) is 0 Å². The topological polar surface area (TPSA) is 109 Å². The first kappa shape index (κ1) is 22.8. The number of aryl methyl sites for hydroxylation is 1. The first-order chi connectivity index (χ1) is 15.4. The highest BCUT2D eigenvalue weighted by atomic mass is 16.6. The molecule has 2 aliphatic rings. The lowest BCUT2D eigenvalue weighted by Gasteiger charge is -2.43. The van der Waals surface area contributed by atoms with Crippen LogP contribution in [0.25, 0.3) is 11.0 Å². The monoisotopic (exact) mass is 451 g/mol. The van der Waals surface area contributed by atoms with E-state index >= 15 is 0 Å². The van der Waals surface area contributed by atoms with Gasteiger partial charge < -0.3 is 14.5 Å². The average Bonchev–Trinajstić information content (AvgIpc) is 3.06. The highest BCUT2D eigenvalue weighted by Crippen LogP contribution is 2.35. The van der Waals surface area contributed by atoms with Gasteiger partial charge in [-0.1, -0.05) is 13.8 Å². The predicted molar refractivity (Wildman–Crippen MR) is 120 cm³/mol. The maximum atomic E-state index is 13.6. The molecule has 4 rings (SSSR count). The number of hydrogen-bond acceptors (Lipinski definition) is 6. The normalized spacial score (nSPS) is 17.2. The van der Waals surface area contributed by atoms with E-state index in [9.17, 15) is 14.4 Å². The molecule has 0 saturated carbocycles. The zero-order chi connectivity index (χ0) is 24.2. The minimum absolute atomic E-state index is 0.130. The van der Waals surface area contributed by atoms with Crippen molar-refractivity contribution in [2.75, 3.05) is 13.1 Å². The van der Waals surface area contributed by atoms with Gasteiger partial charge in [0, 0.05) is 37.4 Å². The summed E-state index contributed by atoms with van der Waals surface area (Å²) in [7, 11) is 0. The molecule has 4 heterocycles. The fourth-order valence-electron chi connectivity index (χ4n) is 4.50. The zero-order valence-electron chi connectivity index (χ0n) is 19.9. The van der Waals surface area contributed by atoms with Gasteiger partial charge in [-0.05, 0) is 44.7 Å². The second kappa shape index (κ2) is 7.87. The number of carbonyl (C=O) groups is 3. The van der Waals surface area contributed by atoms with Crippen molar-refractivity contribution in [3.8, 4) is 6.07 Å². The van der Waals surface area contributed by atoms with E-state index < -0.39 is 17.7 Å². The Morgan fingerprint density at radius 1 is 1.27 bits per heavy atom. The van der Waals surface area contributed by atoms with Crippen molar-refractivity contribution in [3.05, 3.63) is 29.1 Å². The van der Waals surface area contributed by atoms with E-state index in [1.54, 1.807) is 36.8 Å². The van der Waals surface area contributed by atoms with Crippen LogP contribution in [0.1, 0.15) is 56.1 Å². The maximum Gasteiger partial charge on any atom is 0.420 e. The summed E-state index contributed by atoms with van der Waals surface area (Å²) in [6.07, 6.45) is 2.54. The van der Waals surface area contributed by atoms with Crippen LogP contribution in [0, 0.1) is 30.1 Å². The van der Waals surface area contributed by atoms with E-state index in [0.29, 0.717) is 29.7 Å². The Balaban J connectivity index is 1.75. The highest BCUT2D eigenvalue weighted by Gasteiger charge is 2.43. The predicted octanol–water partition coefficient (Wildman–Crippen LogP) is 3.09. The number of ether oxygens (including phenoxy) is 1. The molecule has 33 heavy (non-hydrogen) atoms. The molecule has 0 unspecified atom stereocenters. The summed E-state index contributed by atoms with van der Waals surface area (Å²) in [6, 6.07) is 1.51. The molecule has 0 aliphatic carbocycles. The van der Waals surface area contributed by atoms with Crippen LogP contribution in [-0.2, 0) is 16.1 Å². The second-order valence-corrected chi connectivity index (χ2v) is 10.2. The van der Waals surface area contributed by atoms with Gasteiger partial charge in [0.05, 0.1) is 17.6 Å². The van der Waals surface area contributed by atoms with Crippen molar-refractivity contribution >= 4 is 28.9 Å². The summed E-state index contributed by atoms with van der Waals surface area (Å²) in [6.45, 7) is 12.1. The number of pyridine rings is 1. The number of amides is 2. The quantitative estimate of drug-likeness (QED) is 0.709. The molecule has 2 aromatic rings. The number of nitriles is 1. The molecule has 1 saturated heterocycles. The summed E-state index contributed by atoms with van der Waals surface area (Å²) in [5, 5.41) is 9.70. The fraction of sp³-hybridized carbons (Fsp3) is 0.542. The molecule has 9 nitrogen and oxygen atoms in total. The maximum absolute atomic E-state index is 13.6. The molecule has 0 bridgehead atoms. The van der Waals surface area contributed by atoms with Gasteiger partial charge in [0.15, 0.2) is 5.65 Å². The van der Waals surface area contributed by atoms with Crippen molar-refractivity contribution in [2.45, 2.75) is 59.7 Å². The summed E-state index contributed by atoms with van der Waals surface area (Å²) in [4.78, 5) is 47.5. The van der Waals surface area contributed by atoms with Gasteiger partial charge in [0.25, 0.3) is 5.91 Å². The van der Waals surface area contributed by atoms with Crippen molar-refractivity contribution in [1.29, 1.82) is 5.26 Å². The summed E-state index contributed by atoms with van der Waals surface area (Å²) >= 11 is 0. The van der Waals surface area contributed by atoms with Crippen LogP contribution >= 0.6 is 0 Å². The minimum Gasteiger partial charge on any atom is -0.443 e. The van der Waals surface area contributed by atoms with Crippen LogP contribution in [0.3, 0.4) is 0 Å². The molecule has 0 N–H and O–H groups in total. The number of rotatable bonds is 3.